The summed E-state index contributed by atoms with van der Waals surface area (Å²) in [4.78, 5) is 0. The Morgan fingerprint density at radius 1 is 0.640 bits per heavy atom. The minimum absolute atomic E-state index is 0.272. The van der Waals surface area contributed by atoms with Crippen LogP contribution in [0.5, 0.6) is 0 Å². The maximum atomic E-state index is 10.6. The Hall–Kier alpha value is -0.280. The van der Waals surface area contributed by atoms with Crippen LogP contribution >= 0.6 is 0 Å². The van der Waals surface area contributed by atoms with Crippen molar-refractivity contribution in [2.24, 2.45) is 0 Å². The molecule has 0 aliphatic carbocycles. The molecule has 0 aromatic carbocycles. The number of aliphatic hydroxyl groups is 4. The first-order chi connectivity index (χ1) is 11.1. The van der Waals surface area contributed by atoms with Crippen LogP contribution in [-0.2, 0) is 4.74 Å². The van der Waals surface area contributed by atoms with Gasteiger partial charge in [0.2, 0.25) is 0 Å². The summed E-state index contributed by atoms with van der Waals surface area (Å²) >= 11 is 0. The molecule has 0 bridgehead atoms. The molecule has 6 atom stereocenters. The van der Waals surface area contributed by atoms with E-state index in [1.165, 1.54) is 0 Å². The molecule has 7 nitrogen and oxygen atoms in total. The molecule has 4 N–H and O–H groups in total. The summed E-state index contributed by atoms with van der Waals surface area (Å²) in [6, 6.07) is 0. The van der Waals surface area contributed by atoms with E-state index >= 15 is 0 Å². The first kappa shape index (κ1) is 24.7. The molecule has 0 aromatic rings. The third kappa shape index (κ3) is 12.7. The summed E-state index contributed by atoms with van der Waals surface area (Å²) in [5, 5.41) is 40.7. The molecule has 0 spiro atoms. The molecule has 0 aromatic heterocycles. The van der Waals surface area contributed by atoms with Crippen LogP contribution in [0.1, 0.15) is 26.7 Å². The molecule has 6 unspecified atom stereocenters. The Morgan fingerprint density at radius 3 is 1.12 bits per heavy atom. The Morgan fingerprint density at radius 2 is 0.920 bits per heavy atom. The van der Waals surface area contributed by atoms with Gasteiger partial charge in [-0.1, -0.05) is 0 Å². The molecular formula is C18H42N2O5+2. The van der Waals surface area contributed by atoms with E-state index < -0.39 is 36.6 Å². The van der Waals surface area contributed by atoms with Crippen LogP contribution in [0.15, 0.2) is 0 Å². The first-order valence-corrected chi connectivity index (χ1v) is 9.09. The highest BCUT2D eigenvalue weighted by molar-refractivity contribution is 4.78. The maximum Gasteiger partial charge on any atom is 0.129 e. The average molecular weight is 367 g/mol. The second-order valence-electron chi connectivity index (χ2n) is 9.46. The molecule has 7 heteroatoms. The lowest BCUT2D eigenvalue weighted by molar-refractivity contribution is -0.874. The summed E-state index contributed by atoms with van der Waals surface area (Å²) in [5.41, 5.74) is 0. The zero-order valence-corrected chi connectivity index (χ0v) is 17.4. The number of ether oxygens (including phenoxy) is 1. The molecule has 0 fully saturated rings. The predicted molar refractivity (Wildman–Crippen MR) is 99.1 cm³/mol. The van der Waals surface area contributed by atoms with E-state index in [0.717, 1.165) is 0 Å². The fraction of sp³-hybridized carbons (Fsp3) is 1.00. The summed E-state index contributed by atoms with van der Waals surface area (Å²) in [6.07, 6.45) is -3.48. The van der Waals surface area contributed by atoms with Crippen molar-refractivity contribution in [2.75, 3.05) is 55.4 Å². The van der Waals surface area contributed by atoms with Crippen molar-refractivity contribution in [1.29, 1.82) is 0 Å². The van der Waals surface area contributed by atoms with Gasteiger partial charge in [-0.2, -0.15) is 0 Å². The average Bonchev–Trinajstić information content (AvgIpc) is 2.31. The molecule has 0 saturated heterocycles. The van der Waals surface area contributed by atoms with E-state index in [2.05, 4.69) is 0 Å². The lowest BCUT2D eigenvalue weighted by Crippen LogP contribution is -2.51. The molecule has 25 heavy (non-hydrogen) atoms. The number of nitrogens with zero attached hydrogens (tertiary/aromatic N) is 2. The lowest BCUT2D eigenvalue weighted by atomic mass is 10.0. The molecule has 0 rings (SSSR count). The van der Waals surface area contributed by atoms with Crippen molar-refractivity contribution in [3.8, 4) is 0 Å². The highest BCUT2D eigenvalue weighted by atomic mass is 16.5. The summed E-state index contributed by atoms with van der Waals surface area (Å²) < 4.78 is 7.17. The standard InChI is InChI=1S/C18H42N2O5/c1-13(21)9-17(15(23)11-19(3,4)5)25-18(10-14(2)22)16(24)12-20(6,7)8/h13-18,21-24H,9-12H2,1-8H3/q+2. The third-order valence-corrected chi connectivity index (χ3v) is 3.82. The third-order valence-electron chi connectivity index (χ3n) is 3.82. The van der Waals surface area contributed by atoms with Gasteiger partial charge in [0.15, 0.2) is 0 Å². The second-order valence-corrected chi connectivity index (χ2v) is 9.46. The molecule has 0 saturated carbocycles. The van der Waals surface area contributed by atoms with Gasteiger partial charge < -0.3 is 34.1 Å². The predicted octanol–water partition coefficient (Wildman–Crippen LogP) is -0.584. The number of hydrogen-bond donors (Lipinski definition) is 4. The van der Waals surface area contributed by atoms with Crippen molar-refractivity contribution >= 4 is 0 Å². The number of hydrogen-bond acceptors (Lipinski definition) is 5. The van der Waals surface area contributed by atoms with Crippen molar-refractivity contribution in [2.45, 2.75) is 63.3 Å². The first-order valence-electron chi connectivity index (χ1n) is 9.09. The number of likely N-dealkylation sites (N-methyl/N-ethyl adjacent to an activating group) is 2. The quantitative estimate of drug-likeness (QED) is 0.347. The van der Waals surface area contributed by atoms with E-state index in [0.29, 0.717) is 22.1 Å². The zero-order valence-electron chi connectivity index (χ0n) is 17.4. The van der Waals surface area contributed by atoms with Crippen LogP contribution < -0.4 is 0 Å². The topological polar surface area (TPSA) is 90.2 Å². The Labute approximate surface area is 153 Å². The molecule has 0 aliphatic rings. The van der Waals surface area contributed by atoms with E-state index in [4.69, 9.17) is 4.74 Å². The highest BCUT2D eigenvalue weighted by Crippen LogP contribution is 2.19. The summed E-state index contributed by atoms with van der Waals surface area (Å²) in [5.74, 6) is 0. The Kier molecular flexibility index (Phi) is 10.0. The SMILES string of the molecule is CC(O)CC(OC(CC(C)O)C(O)C[N+](C)(C)C)C(O)C[N+](C)(C)C. The molecule has 0 aliphatic heterocycles. The van der Waals surface area contributed by atoms with Crippen molar-refractivity contribution in [1.82, 2.24) is 0 Å². The van der Waals surface area contributed by atoms with Crippen LogP contribution in [0.2, 0.25) is 0 Å². The van der Waals surface area contributed by atoms with E-state index in [-0.39, 0.29) is 12.8 Å². The van der Waals surface area contributed by atoms with Gasteiger partial charge >= 0.3 is 0 Å². The largest absolute Gasteiger partial charge is 0.393 e. The van der Waals surface area contributed by atoms with Gasteiger partial charge in [0.05, 0.1) is 66.7 Å². The molecule has 152 valence electrons. The van der Waals surface area contributed by atoms with Crippen molar-refractivity contribution in [3.05, 3.63) is 0 Å². The second kappa shape index (κ2) is 10.2. The van der Waals surface area contributed by atoms with Crippen LogP contribution in [-0.4, -0.2) is 121 Å². The highest BCUT2D eigenvalue weighted by Gasteiger charge is 2.34. The summed E-state index contributed by atoms with van der Waals surface area (Å²) in [7, 11) is 11.8. The fourth-order valence-corrected chi connectivity index (χ4v) is 2.86. The van der Waals surface area contributed by atoms with Gasteiger partial charge in [0.1, 0.15) is 25.3 Å². The fourth-order valence-electron chi connectivity index (χ4n) is 2.86. The van der Waals surface area contributed by atoms with Crippen molar-refractivity contribution in [3.63, 3.8) is 0 Å². The summed E-state index contributed by atoms with van der Waals surface area (Å²) in [6.45, 7) is 4.23. The smallest absolute Gasteiger partial charge is 0.129 e. The van der Waals surface area contributed by atoms with Gasteiger partial charge in [-0.15, -0.1) is 0 Å². The molecule has 0 amide bonds. The minimum atomic E-state index is -0.776. The van der Waals surface area contributed by atoms with Gasteiger partial charge in [-0.05, 0) is 13.8 Å². The number of rotatable bonds is 12. The maximum absolute atomic E-state index is 10.6. The van der Waals surface area contributed by atoms with Crippen molar-refractivity contribution < 1.29 is 34.1 Å². The van der Waals surface area contributed by atoms with E-state index in [1.54, 1.807) is 13.8 Å². The van der Waals surface area contributed by atoms with Gasteiger partial charge in [-0.25, -0.2) is 0 Å². The molecular weight excluding hydrogens is 324 g/mol. The van der Waals surface area contributed by atoms with Gasteiger partial charge in [0.25, 0.3) is 0 Å². The molecule has 0 heterocycles. The van der Waals surface area contributed by atoms with Crippen LogP contribution in [0, 0.1) is 0 Å². The van der Waals surface area contributed by atoms with Crippen LogP contribution in [0.4, 0.5) is 0 Å². The van der Waals surface area contributed by atoms with E-state index in [9.17, 15) is 20.4 Å². The van der Waals surface area contributed by atoms with Crippen LogP contribution in [0.3, 0.4) is 0 Å². The Bertz CT molecular complexity index is 329. The minimum Gasteiger partial charge on any atom is -0.393 e. The normalized spacial score (nSPS) is 20.6. The van der Waals surface area contributed by atoms with E-state index in [1.807, 2.05) is 42.3 Å². The number of quaternary nitrogens is 2. The lowest BCUT2D eigenvalue weighted by Gasteiger charge is -2.36. The van der Waals surface area contributed by atoms with Gasteiger partial charge in [-0.3, -0.25) is 0 Å². The zero-order chi connectivity index (χ0) is 20.0. The monoisotopic (exact) mass is 366 g/mol. The van der Waals surface area contributed by atoms with Gasteiger partial charge in [0, 0.05) is 12.8 Å². The number of aliphatic hydroxyl groups excluding tert-OH is 4. The molecule has 0 radical (unpaired) electrons. The van der Waals surface area contributed by atoms with Crippen LogP contribution in [0.25, 0.3) is 0 Å². The Balaban J connectivity index is 5.22.